The molecule has 4 bridgehead atoms. The summed E-state index contributed by atoms with van der Waals surface area (Å²) in [4.78, 5) is 28.7. The van der Waals surface area contributed by atoms with Crippen LogP contribution in [0.5, 0.6) is 17.2 Å². The molecule has 42 heavy (non-hydrogen) atoms. The Hall–Kier alpha value is -4.72. The maximum Gasteiger partial charge on any atom is 0.387 e. The highest BCUT2D eigenvalue weighted by Crippen LogP contribution is 2.35. The smallest absolute Gasteiger partial charge is 0.387 e. The van der Waals surface area contributed by atoms with Gasteiger partial charge in [-0.2, -0.15) is 8.78 Å². The maximum atomic E-state index is 13.3. The van der Waals surface area contributed by atoms with Gasteiger partial charge in [0, 0.05) is 31.3 Å². The van der Waals surface area contributed by atoms with Crippen molar-refractivity contribution in [1.82, 2.24) is 24.8 Å². The van der Waals surface area contributed by atoms with Gasteiger partial charge in [0.15, 0.2) is 11.4 Å². The molecule has 0 unspecified atom stereocenters. The summed E-state index contributed by atoms with van der Waals surface area (Å²) in [6, 6.07) is 8.25. The van der Waals surface area contributed by atoms with Gasteiger partial charge in [-0.05, 0) is 31.0 Å². The highest BCUT2D eigenvalue weighted by molar-refractivity contribution is 5.95. The Kier molecular flexibility index (Phi) is 7.37. The molecule has 2 atom stereocenters. The number of nitrogens with zero attached hydrogens (tertiary/aromatic N) is 5. The Morgan fingerprint density at radius 2 is 2.00 bits per heavy atom. The number of carbonyl (C=O) groups is 1. The lowest BCUT2D eigenvalue weighted by Gasteiger charge is -2.36. The second-order valence-corrected chi connectivity index (χ2v) is 10.0. The molecule has 6 rings (SSSR count). The van der Waals surface area contributed by atoms with Crippen LogP contribution in [0.25, 0.3) is 11.2 Å². The maximum absolute atomic E-state index is 13.3. The zero-order valence-corrected chi connectivity index (χ0v) is 23.1. The highest BCUT2D eigenvalue weighted by atomic mass is 19.3. The van der Waals surface area contributed by atoms with Crippen LogP contribution in [-0.4, -0.2) is 65.6 Å². The summed E-state index contributed by atoms with van der Waals surface area (Å²) in [5.41, 5.74) is 2.98. The Morgan fingerprint density at radius 1 is 1.14 bits per heavy atom. The van der Waals surface area contributed by atoms with E-state index in [1.54, 1.807) is 32.4 Å². The van der Waals surface area contributed by atoms with Crippen LogP contribution in [0.2, 0.25) is 0 Å². The number of carbonyl (C=O) groups excluding carboxylic acids is 1. The van der Waals surface area contributed by atoms with E-state index in [1.807, 2.05) is 24.1 Å². The van der Waals surface area contributed by atoms with Crippen molar-refractivity contribution in [2.75, 3.05) is 31.5 Å². The number of halogens is 2. The molecule has 1 fully saturated rings. The third kappa shape index (κ3) is 5.32. The molecule has 1 amide bonds. The zero-order valence-electron chi connectivity index (χ0n) is 23.1. The molecule has 0 saturated heterocycles. The van der Waals surface area contributed by atoms with Crippen molar-refractivity contribution >= 4 is 34.4 Å². The van der Waals surface area contributed by atoms with Gasteiger partial charge < -0.3 is 34.5 Å². The van der Waals surface area contributed by atoms with Crippen molar-refractivity contribution in [2.45, 2.75) is 44.8 Å². The molecular weight excluding hydrogens is 552 g/mol. The number of methoxy groups -OCH3 is 2. The minimum Gasteiger partial charge on any atom is -0.497 e. The van der Waals surface area contributed by atoms with Crippen molar-refractivity contribution in [2.24, 2.45) is 0 Å². The van der Waals surface area contributed by atoms with Gasteiger partial charge in [-0.25, -0.2) is 19.3 Å². The van der Waals surface area contributed by atoms with Gasteiger partial charge in [-0.3, -0.25) is 4.98 Å². The molecule has 4 heterocycles. The van der Waals surface area contributed by atoms with Gasteiger partial charge in [0.25, 0.3) is 0 Å². The number of imidazole rings is 1. The van der Waals surface area contributed by atoms with Gasteiger partial charge in [0.05, 0.1) is 56.2 Å². The number of hydrogen-bond acceptors (Lipinski definition) is 10. The SMILES string of the molecule is COc1ccc(CN(C)c2cc3nc4c2ncn4C(=O)N[C@@H]2CC[C@H]2OCc2cc(c(OC(F)F)cn2)N3)c(OC)c1. The number of aromatic nitrogens is 4. The van der Waals surface area contributed by atoms with Crippen molar-refractivity contribution in [3.05, 3.63) is 54.1 Å². The lowest BCUT2D eigenvalue weighted by molar-refractivity contribution is -0.0498. The van der Waals surface area contributed by atoms with E-state index in [0.717, 1.165) is 18.4 Å². The fourth-order valence-electron chi connectivity index (χ4n) is 5.05. The Balaban J connectivity index is 1.45. The number of alkyl halides is 2. The molecule has 1 saturated carbocycles. The summed E-state index contributed by atoms with van der Waals surface area (Å²) in [6.07, 6.45) is 3.94. The molecule has 4 aromatic rings. The molecule has 0 radical (unpaired) electrons. The summed E-state index contributed by atoms with van der Waals surface area (Å²) in [5, 5.41) is 6.10. The second kappa shape index (κ2) is 11.3. The molecule has 1 aliphatic carbocycles. The topological polar surface area (TPSA) is 125 Å². The number of rotatable bonds is 7. The molecule has 2 N–H and O–H groups in total. The minimum absolute atomic E-state index is 0.126. The van der Waals surface area contributed by atoms with Crippen LogP contribution in [0, 0.1) is 0 Å². The van der Waals surface area contributed by atoms with Gasteiger partial charge in [-0.1, -0.05) is 0 Å². The van der Waals surface area contributed by atoms with E-state index in [0.29, 0.717) is 34.9 Å². The lowest BCUT2D eigenvalue weighted by atomic mass is 9.89. The first-order valence-corrected chi connectivity index (χ1v) is 13.3. The first kappa shape index (κ1) is 27.4. The third-order valence-electron chi connectivity index (χ3n) is 7.38. The fourth-order valence-corrected chi connectivity index (χ4v) is 5.05. The minimum atomic E-state index is -3.06. The molecule has 1 aliphatic heterocycles. The summed E-state index contributed by atoms with van der Waals surface area (Å²) in [7, 11) is 5.03. The van der Waals surface area contributed by atoms with Gasteiger partial charge in [-0.15, -0.1) is 0 Å². The molecule has 0 spiro atoms. The van der Waals surface area contributed by atoms with E-state index in [9.17, 15) is 13.6 Å². The Morgan fingerprint density at radius 3 is 2.74 bits per heavy atom. The number of anilines is 3. The average Bonchev–Trinajstić information content (AvgIpc) is 3.39. The zero-order chi connectivity index (χ0) is 29.4. The van der Waals surface area contributed by atoms with Crippen molar-refractivity contribution < 1.29 is 32.5 Å². The number of ether oxygens (including phenoxy) is 4. The summed E-state index contributed by atoms with van der Waals surface area (Å²) in [5.74, 6) is 1.41. The number of pyridine rings is 2. The van der Waals surface area contributed by atoms with Crippen LogP contribution in [0.3, 0.4) is 0 Å². The lowest BCUT2D eigenvalue weighted by Crippen LogP contribution is -2.52. The third-order valence-corrected chi connectivity index (χ3v) is 7.38. The average molecular weight is 582 g/mol. The first-order chi connectivity index (χ1) is 20.3. The van der Waals surface area contributed by atoms with Crippen molar-refractivity contribution in [3.8, 4) is 17.2 Å². The van der Waals surface area contributed by atoms with Gasteiger partial charge in [0.2, 0.25) is 0 Å². The van der Waals surface area contributed by atoms with Crippen LogP contribution in [0.4, 0.5) is 30.8 Å². The fraction of sp³-hybridized carbons (Fsp3) is 0.357. The molecule has 14 heteroatoms. The Labute approximate surface area is 239 Å². The monoisotopic (exact) mass is 581 g/mol. The predicted octanol–water partition coefficient (Wildman–Crippen LogP) is 4.44. The van der Waals surface area contributed by atoms with Crippen LogP contribution in [0.1, 0.15) is 24.1 Å². The first-order valence-electron chi connectivity index (χ1n) is 13.3. The second-order valence-electron chi connectivity index (χ2n) is 10.0. The number of amides is 1. The molecule has 3 aromatic heterocycles. The van der Waals surface area contributed by atoms with Crippen LogP contribution >= 0.6 is 0 Å². The summed E-state index contributed by atoms with van der Waals surface area (Å²) in [6.45, 7) is -2.52. The van der Waals surface area contributed by atoms with E-state index in [1.165, 1.54) is 17.1 Å². The van der Waals surface area contributed by atoms with Crippen molar-refractivity contribution in [1.29, 1.82) is 0 Å². The van der Waals surface area contributed by atoms with E-state index in [-0.39, 0.29) is 41.7 Å². The molecule has 2 aliphatic rings. The van der Waals surface area contributed by atoms with Gasteiger partial charge >= 0.3 is 12.6 Å². The molecule has 220 valence electrons. The quantitative estimate of drug-likeness (QED) is 0.324. The standard InChI is InChI=1S/C28H29F2N7O5/c1-36(12-15-4-5-17(39-2)9-22(15)40-3)20-10-24-33-19-8-16(31-11-23(19)42-27(29)30)13-41-21-7-6-18(21)34-28(38)37-14-32-25(20)26(37)35-24/h4-5,8-11,14,18,21,27H,6-7,12-13H2,1-3H3,(H,33,35)(H,34,38)/t18-,21-/m1/s1. The van der Waals surface area contributed by atoms with Crippen LogP contribution in [0.15, 0.2) is 42.9 Å². The molecule has 12 nitrogen and oxygen atoms in total. The van der Waals surface area contributed by atoms with E-state index >= 15 is 0 Å². The van der Waals surface area contributed by atoms with Crippen LogP contribution in [-0.2, 0) is 17.9 Å². The molecule has 1 aromatic carbocycles. The summed E-state index contributed by atoms with van der Waals surface area (Å²) >= 11 is 0. The van der Waals surface area contributed by atoms with Gasteiger partial charge in [0.1, 0.15) is 29.2 Å². The van der Waals surface area contributed by atoms with E-state index in [2.05, 4.69) is 25.6 Å². The van der Waals surface area contributed by atoms with E-state index in [4.69, 9.17) is 18.9 Å². The highest BCUT2D eigenvalue weighted by Gasteiger charge is 2.34. The van der Waals surface area contributed by atoms with Crippen molar-refractivity contribution in [3.63, 3.8) is 0 Å². The molecular formula is C28H29F2N7O5. The number of fused-ring (bicyclic) bond motifs is 4. The number of benzene rings is 1. The van der Waals surface area contributed by atoms with Crippen LogP contribution < -0.4 is 29.7 Å². The van der Waals surface area contributed by atoms with E-state index < -0.39 is 12.6 Å². The normalized spacial score (nSPS) is 18.0. The number of hydrogen-bond donors (Lipinski definition) is 2. The Bertz CT molecular complexity index is 1630. The predicted molar refractivity (Wildman–Crippen MR) is 149 cm³/mol. The summed E-state index contributed by atoms with van der Waals surface area (Å²) < 4.78 is 49.4. The number of nitrogens with one attached hydrogen (secondary N) is 2. The largest absolute Gasteiger partial charge is 0.497 e.